The molecule has 0 bridgehead atoms. The van der Waals surface area contributed by atoms with Crippen molar-refractivity contribution in [2.75, 3.05) is 0 Å². The van der Waals surface area contributed by atoms with Gasteiger partial charge in [-0.2, -0.15) is 5.21 Å². The highest BCUT2D eigenvalue weighted by molar-refractivity contribution is 7.71. The Labute approximate surface area is 78.6 Å². The van der Waals surface area contributed by atoms with Crippen molar-refractivity contribution in [1.82, 2.24) is 20.2 Å². The summed E-state index contributed by atoms with van der Waals surface area (Å²) >= 11 is 4.87. The normalized spacial score (nSPS) is 10.2. The number of benzene rings is 1. The van der Waals surface area contributed by atoms with Crippen molar-refractivity contribution in [2.45, 2.75) is 0 Å². The standard InChI is InChI=1S/C7H6N4OS/c12-6-4-2-1-3-5(6)11-7(13)8-9-10-11/h1-4,12H,(H,8,10,13). The number of hydrogen-bond acceptors (Lipinski definition) is 4. The van der Waals surface area contributed by atoms with Gasteiger partial charge in [-0.15, -0.1) is 0 Å². The predicted molar refractivity (Wildman–Crippen MR) is 48.2 cm³/mol. The molecule has 0 saturated carbocycles. The fourth-order valence-electron chi connectivity index (χ4n) is 1.01. The molecule has 1 heterocycles. The van der Waals surface area contributed by atoms with Crippen molar-refractivity contribution >= 4 is 12.2 Å². The van der Waals surface area contributed by atoms with Crippen LogP contribution in [0.3, 0.4) is 0 Å². The van der Waals surface area contributed by atoms with E-state index in [1.165, 1.54) is 4.68 Å². The number of nitrogens with one attached hydrogen (secondary N) is 1. The van der Waals surface area contributed by atoms with Crippen LogP contribution in [0, 0.1) is 4.77 Å². The van der Waals surface area contributed by atoms with E-state index in [1.807, 2.05) is 0 Å². The van der Waals surface area contributed by atoms with Crippen LogP contribution >= 0.6 is 12.2 Å². The van der Waals surface area contributed by atoms with Crippen LogP contribution in [0.5, 0.6) is 5.75 Å². The summed E-state index contributed by atoms with van der Waals surface area (Å²) in [5.41, 5.74) is 0.539. The van der Waals surface area contributed by atoms with Crippen molar-refractivity contribution in [3.63, 3.8) is 0 Å². The van der Waals surface area contributed by atoms with Gasteiger partial charge in [0.25, 0.3) is 0 Å². The molecular formula is C7H6N4OS. The van der Waals surface area contributed by atoms with E-state index in [2.05, 4.69) is 15.5 Å². The fraction of sp³-hybridized carbons (Fsp3) is 0. The fourth-order valence-corrected chi connectivity index (χ4v) is 1.19. The zero-order chi connectivity index (χ0) is 9.26. The number of nitrogens with zero attached hydrogens (tertiary/aromatic N) is 3. The Balaban J connectivity index is 2.66. The molecule has 1 aromatic carbocycles. The molecule has 0 aliphatic heterocycles. The maximum absolute atomic E-state index is 9.46. The third-order valence-electron chi connectivity index (χ3n) is 1.59. The summed E-state index contributed by atoms with van der Waals surface area (Å²) < 4.78 is 1.70. The van der Waals surface area contributed by atoms with Gasteiger partial charge in [0.05, 0.1) is 0 Å². The van der Waals surface area contributed by atoms with Crippen molar-refractivity contribution in [1.29, 1.82) is 0 Å². The Kier molecular flexibility index (Phi) is 1.82. The highest BCUT2D eigenvalue weighted by atomic mass is 32.1. The Bertz CT molecular complexity index is 475. The van der Waals surface area contributed by atoms with Gasteiger partial charge in [-0.25, -0.2) is 4.68 Å². The highest BCUT2D eigenvalue weighted by Gasteiger charge is 2.03. The number of aromatic nitrogens is 4. The predicted octanol–water partition coefficient (Wildman–Crippen LogP) is 1.03. The van der Waals surface area contributed by atoms with Crippen LogP contribution in [-0.4, -0.2) is 25.3 Å². The second-order valence-electron chi connectivity index (χ2n) is 2.41. The smallest absolute Gasteiger partial charge is 0.243 e. The Morgan fingerprint density at radius 3 is 2.77 bits per heavy atom. The van der Waals surface area contributed by atoms with Crippen LogP contribution in [0.4, 0.5) is 0 Å². The van der Waals surface area contributed by atoms with Gasteiger partial charge in [0.1, 0.15) is 11.4 Å². The Hall–Kier alpha value is -1.69. The lowest BCUT2D eigenvalue weighted by molar-refractivity contribution is 0.469. The molecule has 0 radical (unpaired) electrons. The number of aromatic hydroxyl groups is 1. The Morgan fingerprint density at radius 2 is 2.15 bits per heavy atom. The first kappa shape index (κ1) is 7.93. The van der Waals surface area contributed by atoms with Gasteiger partial charge in [-0.1, -0.05) is 22.4 Å². The third kappa shape index (κ3) is 1.31. The molecule has 0 saturated heterocycles. The number of aromatic amines is 1. The zero-order valence-electron chi connectivity index (χ0n) is 6.51. The Morgan fingerprint density at radius 1 is 1.38 bits per heavy atom. The highest BCUT2D eigenvalue weighted by Crippen LogP contribution is 2.18. The molecule has 0 aliphatic rings. The van der Waals surface area contributed by atoms with Crippen molar-refractivity contribution in [3.05, 3.63) is 29.0 Å². The maximum atomic E-state index is 9.46. The van der Waals surface area contributed by atoms with Crippen LogP contribution in [0.2, 0.25) is 0 Å². The summed E-state index contributed by atoms with van der Waals surface area (Å²) in [6.45, 7) is 0. The first-order valence-electron chi connectivity index (χ1n) is 3.57. The summed E-state index contributed by atoms with van der Waals surface area (Å²) in [6.07, 6.45) is 0. The first-order valence-corrected chi connectivity index (χ1v) is 3.98. The van der Waals surface area contributed by atoms with Crippen molar-refractivity contribution in [2.24, 2.45) is 0 Å². The average Bonchev–Trinajstić information content (AvgIpc) is 2.52. The number of H-pyrrole nitrogens is 1. The molecule has 0 unspecified atom stereocenters. The number of phenolic OH excluding ortho intramolecular Hbond substituents is 1. The second-order valence-corrected chi connectivity index (χ2v) is 2.77. The summed E-state index contributed by atoms with van der Waals surface area (Å²) in [7, 11) is 0. The van der Waals surface area contributed by atoms with Crippen molar-refractivity contribution < 1.29 is 5.11 Å². The lowest BCUT2D eigenvalue weighted by atomic mass is 10.3. The third-order valence-corrected chi connectivity index (χ3v) is 1.86. The van der Waals surface area contributed by atoms with E-state index >= 15 is 0 Å². The van der Waals surface area contributed by atoms with E-state index in [1.54, 1.807) is 24.3 Å². The van der Waals surface area contributed by atoms with Gasteiger partial charge >= 0.3 is 0 Å². The molecule has 0 fully saturated rings. The molecule has 5 nitrogen and oxygen atoms in total. The topological polar surface area (TPSA) is 66.7 Å². The van der Waals surface area contributed by atoms with Gasteiger partial charge in [-0.05, 0) is 24.4 Å². The van der Waals surface area contributed by atoms with E-state index in [0.717, 1.165) is 0 Å². The maximum Gasteiger partial charge on any atom is 0.243 e. The van der Waals surface area contributed by atoms with Gasteiger partial charge in [0, 0.05) is 0 Å². The van der Waals surface area contributed by atoms with Gasteiger partial charge in [-0.3, -0.25) is 0 Å². The largest absolute Gasteiger partial charge is 0.506 e. The molecule has 2 aromatic rings. The van der Waals surface area contributed by atoms with Crippen molar-refractivity contribution in [3.8, 4) is 11.4 Å². The molecule has 2 rings (SSSR count). The summed E-state index contributed by atoms with van der Waals surface area (Å²) in [5.74, 6) is 0.129. The van der Waals surface area contributed by atoms with E-state index < -0.39 is 0 Å². The number of para-hydroxylation sites is 2. The number of rotatable bonds is 1. The molecule has 6 heteroatoms. The van der Waals surface area contributed by atoms with E-state index in [9.17, 15) is 5.11 Å². The van der Waals surface area contributed by atoms with Gasteiger partial charge < -0.3 is 5.11 Å². The van der Waals surface area contributed by atoms with Crippen LogP contribution in [-0.2, 0) is 0 Å². The molecule has 66 valence electrons. The van der Waals surface area contributed by atoms with Gasteiger partial charge in [0.2, 0.25) is 4.77 Å². The molecular weight excluding hydrogens is 188 g/mol. The SMILES string of the molecule is Oc1ccccc1-n1[nH]nnc1=S. The molecule has 0 amide bonds. The van der Waals surface area contributed by atoms with E-state index in [-0.39, 0.29) is 10.5 Å². The number of tetrazole rings is 1. The lowest BCUT2D eigenvalue weighted by Crippen LogP contribution is -1.96. The minimum absolute atomic E-state index is 0.129. The summed E-state index contributed by atoms with van der Waals surface area (Å²) in [6, 6.07) is 6.80. The molecule has 1 aromatic heterocycles. The first-order chi connectivity index (χ1) is 6.29. The summed E-state index contributed by atoms with van der Waals surface area (Å²) in [5, 5.41) is 19.1. The quantitative estimate of drug-likeness (QED) is 0.665. The molecule has 0 aliphatic carbocycles. The van der Waals surface area contributed by atoms with Crippen LogP contribution in [0.1, 0.15) is 0 Å². The molecule has 13 heavy (non-hydrogen) atoms. The molecule has 0 spiro atoms. The lowest BCUT2D eigenvalue weighted by Gasteiger charge is -2.01. The monoisotopic (exact) mass is 194 g/mol. The summed E-state index contributed by atoms with van der Waals surface area (Å²) in [4.78, 5) is 0. The van der Waals surface area contributed by atoms with Crippen LogP contribution in [0.25, 0.3) is 5.69 Å². The van der Waals surface area contributed by atoms with E-state index in [4.69, 9.17) is 12.2 Å². The minimum Gasteiger partial charge on any atom is -0.506 e. The number of hydrogen-bond donors (Lipinski definition) is 2. The molecule has 0 atom stereocenters. The second kappa shape index (κ2) is 2.98. The van der Waals surface area contributed by atoms with Gasteiger partial charge in [0.15, 0.2) is 0 Å². The molecule has 2 N–H and O–H groups in total. The zero-order valence-corrected chi connectivity index (χ0v) is 7.32. The number of phenols is 1. The minimum atomic E-state index is 0.129. The average molecular weight is 194 g/mol. The van der Waals surface area contributed by atoms with Crippen LogP contribution in [0.15, 0.2) is 24.3 Å². The van der Waals surface area contributed by atoms with E-state index in [0.29, 0.717) is 5.69 Å². The van der Waals surface area contributed by atoms with Crippen LogP contribution < -0.4 is 0 Å².